The second-order valence-corrected chi connectivity index (χ2v) is 6.06. The van der Waals surface area contributed by atoms with Crippen molar-refractivity contribution in [1.29, 1.82) is 0 Å². The van der Waals surface area contributed by atoms with E-state index in [-0.39, 0.29) is 0 Å². The van der Waals surface area contributed by atoms with Crippen LogP contribution < -0.4 is 5.32 Å². The molecule has 0 radical (unpaired) electrons. The molecule has 1 aromatic carbocycles. The number of nitrogens with zero attached hydrogens (tertiary/aromatic N) is 2. The lowest BCUT2D eigenvalue weighted by Crippen LogP contribution is -2.27. The smallest absolute Gasteiger partial charge is 0.0645 e. The normalized spacial score (nSPS) is 15.7. The maximum absolute atomic E-state index is 4.63. The first kappa shape index (κ1) is 14.3. The van der Waals surface area contributed by atoms with Crippen molar-refractivity contribution in [2.75, 3.05) is 6.54 Å². The highest BCUT2D eigenvalue weighted by molar-refractivity contribution is 5.32. The Morgan fingerprint density at radius 3 is 2.71 bits per heavy atom. The number of hydrogen-bond donors (Lipinski definition) is 1. The van der Waals surface area contributed by atoms with Crippen LogP contribution in [-0.2, 0) is 6.42 Å². The highest BCUT2D eigenvalue weighted by Crippen LogP contribution is 2.18. The number of hydrogen-bond acceptors (Lipinski definition) is 2. The molecule has 0 aliphatic heterocycles. The van der Waals surface area contributed by atoms with Crippen LogP contribution in [0, 0.1) is 6.92 Å². The van der Waals surface area contributed by atoms with E-state index in [0.717, 1.165) is 30.4 Å². The number of aromatic nitrogens is 2. The van der Waals surface area contributed by atoms with Crippen molar-refractivity contribution in [2.45, 2.75) is 51.5 Å². The molecule has 3 heteroatoms. The maximum Gasteiger partial charge on any atom is 0.0645 e. The summed E-state index contributed by atoms with van der Waals surface area (Å²) in [5.41, 5.74) is 3.66. The summed E-state index contributed by atoms with van der Waals surface area (Å²) in [6.07, 6.45) is 10.0. The molecule has 3 rings (SSSR count). The Hall–Kier alpha value is -1.61. The quantitative estimate of drug-likeness (QED) is 0.820. The average molecular weight is 283 g/mol. The second kappa shape index (κ2) is 6.90. The molecule has 3 nitrogen and oxygen atoms in total. The molecule has 21 heavy (non-hydrogen) atoms. The Morgan fingerprint density at radius 2 is 1.95 bits per heavy atom. The average Bonchev–Trinajstić information content (AvgIpc) is 3.15. The predicted octanol–water partition coefficient (Wildman–Crippen LogP) is 3.65. The van der Waals surface area contributed by atoms with Gasteiger partial charge >= 0.3 is 0 Å². The van der Waals surface area contributed by atoms with Gasteiger partial charge in [0.25, 0.3) is 0 Å². The van der Waals surface area contributed by atoms with E-state index in [1.165, 1.54) is 37.7 Å². The van der Waals surface area contributed by atoms with Crippen molar-refractivity contribution < 1.29 is 0 Å². The fourth-order valence-corrected chi connectivity index (χ4v) is 3.17. The van der Waals surface area contributed by atoms with Gasteiger partial charge in [0.1, 0.15) is 0 Å². The minimum atomic E-state index is 0.776. The van der Waals surface area contributed by atoms with Gasteiger partial charge in [0.15, 0.2) is 0 Å². The molecule has 0 amide bonds. The van der Waals surface area contributed by atoms with Crippen LogP contribution in [0.5, 0.6) is 0 Å². The Labute approximate surface area is 127 Å². The van der Waals surface area contributed by atoms with Crippen molar-refractivity contribution in [1.82, 2.24) is 15.1 Å². The molecule has 1 aliphatic carbocycles. The third-order valence-electron chi connectivity index (χ3n) is 4.43. The van der Waals surface area contributed by atoms with Gasteiger partial charge in [0.2, 0.25) is 0 Å². The first-order chi connectivity index (χ1) is 10.3. The van der Waals surface area contributed by atoms with Crippen LogP contribution in [0.4, 0.5) is 0 Å². The zero-order chi connectivity index (χ0) is 14.5. The number of para-hydroxylation sites is 1. The molecule has 1 aliphatic rings. The summed E-state index contributed by atoms with van der Waals surface area (Å²) >= 11 is 0. The van der Waals surface area contributed by atoms with Gasteiger partial charge in [-0.05, 0) is 56.8 Å². The summed E-state index contributed by atoms with van der Waals surface area (Å²) in [4.78, 5) is 0. The Balaban J connectivity index is 1.52. The van der Waals surface area contributed by atoms with Gasteiger partial charge in [0.05, 0.1) is 11.4 Å². The van der Waals surface area contributed by atoms with Crippen LogP contribution in [0.25, 0.3) is 5.69 Å². The summed E-state index contributed by atoms with van der Waals surface area (Å²) in [5.74, 6) is 0. The van der Waals surface area contributed by atoms with Crippen molar-refractivity contribution in [2.24, 2.45) is 0 Å². The van der Waals surface area contributed by atoms with E-state index in [9.17, 15) is 0 Å². The topological polar surface area (TPSA) is 29.9 Å². The zero-order valence-electron chi connectivity index (χ0n) is 12.9. The third-order valence-corrected chi connectivity index (χ3v) is 4.43. The van der Waals surface area contributed by atoms with Crippen LogP contribution in [0.15, 0.2) is 36.5 Å². The van der Waals surface area contributed by atoms with Crippen molar-refractivity contribution in [3.05, 3.63) is 47.8 Å². The highest BCUT2D eigenvalue weighted by Gasteiger charge is 2.13. The Morgan fingerprint density at radius 1 is 1.19 bits per heavy atom. The summed E-state index contributed by atoms with van der Waals surface area (Å²) in [7, 11) is 0. The first-order valence-electron chi connectivity index (χ1n) is 8.17. The van der Waals surface area contributed by atoms with Gasteiger partial charge in [-0.1, -0.05) is 31.0 Å². The number of aryl methyl sites for hydroxylation is 2. The van der Waals surface area contributed by atoms with E-state index in [0.29, 0.717) is 0 Å². The lowest BCUT2D eigenvalue weighted by molar-refractivity contribution is 0.515. The van der Waals surface area contributed by atoms with E-state index in [4.69, 9.17) is 0 Å². The zero-order valence-corrected chi connectivity index (χ0v) is 12.9. The lowest BCUT2D eigenvalue weighted by atomic mass is 10.1. The van der Waals surface area contributed by atoms with Crippen LogP contribution in [-0.4, -0.2) is 22.4 Å². The van der Waals surface area contributed by atoms with E-state index >= 15 is 0 Å². The standard InChI is InChI=1S/C18H25N3/c1-15-16(8-7-13-19-17-9-5-6-10-17)14-21(20-15)18-11-3-2-4-12-18/h2-4,11-12,14,17,19H,5-10,13H2,1H3. The monoisotopic (exact) mass is 283 g/mol. The van der Waals surface area contributed by atoms with Gasteiger partial charge in [0, 0.05) is 12.2 Å². The van der Waals surface area contributed by atoms with Crippen LogP contribution >= 0.6 is 0 Å². The SMILES string of the molecule is Cc1nn(-c2ccccc2)cc1CCCNC1CCCC1. The Kier molecular flexibility index (Phi) is 4.71. The van der Waals surface area contributed by atoms with E-state index < -0.39 is 0 Å². The molecule has 1 aromatic heterocycles. The highest BCUT2D eigenvalue weighted by atomic mass is 15.3. The largest absolute Gasteiger partial charge is 0.314 e. The molecule has 1 saturated carbocycles. The van der Waals surface area contributed by atoms with Crippen molar-refractivity contribution in [3.63, 3.8) is 0 Å². The molecular weight excluding hydrogens is 258 g/mol. The van der Waals surface area contributed by atoms with Crippen molar-refractivity contribution >= 4 is 0 Å². The van der Waals surface area contributed by atoms with Gasteiger partial charge in [-0.25, -0.2) is 4.68 Å². The number of benzene rings is 1. The number of rotatable bonds is 6. The fourth-order valence-electron chi connectivity index (χ4n) is 3.17. The van der Waals surface area contributed by atoms with Crippen molar-refractivity contribution in [3.8, 4) is 5.69 Å². The fraction of sp³-hybridized carbons (Fsp3) is 0.500. The van der Waals surface area contributed by atoms with Crippen LogP contribution in [0.2, 0.25) is 0 Å². The van der Waals surface area contributed by atoms with Crippen LogP contribution in [0.1, 0.15) is 43.4 Å². The number of nitrogens with one attached hydrogen (secondary N) is 1. The molecule has 112 valence electrons. The minimum absolute atomic E-state index is 0.776. The molecule has 1 N–H and O–H groups in total. The van der Waals surface area contributed by atoms with E-state index in [1.54, 1.807) is 0 Å². The summed E-state index contributed by atoms with van der Waals surface area (Å²) < 4.78 is 2.00. The summed E-state index contributed by atoms with van der Waals surface area (Å²) in [5, 5.41) is 8.32. The third kappa shape index (κ3) is 3.73. The molecule has 0 spiro atoms. The van der Waals surface area contributed by atoms with Gasteiger partial charge in [-0.15, -0.1) is 0 Å². The molecule has 2 aromatic rings. The molecule has 1 heterocycles. The Bertz CT molecular complexity index is 553. The predicted molar refractivity (Wildman–Crippen MR) is 86.9 cm³/mol. The van der Waals surface area contributed by atoms with Gasteiger partial charge in [-0.2, -0.15) is 5.10 Å². The van der Waals surface area contributed by atoms with E-state index in [1.807, 2.05) is 10.7 Å². The molecule has 0 unspecified atom stereocenters. The van der Waals surface area contributed by atoms with Crippen LogP contribution in [0.3, 0.4) is 0 Å². The summed E-state index contributed by atoms with van der Waals surface area (Å²) in [6.45, 7) is 3.24. The summed E-state index contributed by atoms with van der Waals surface area (Å²) in [6, 6.07) is 11.1. The molecule has 0 bridgehead atoms. The lowest BCUT2D eigenvalue weighted by Gasteiger charge is -2.10. The molecule has 0 saturated heterocycles. The maximum atomic E-state index is 4.63. The molecule has 0 atom stereocenters. The van der Waals surface area contributed by atoms with Gasteiger partial charge in [-0.3, -0.25) is 0 Å². The minimum Gasteiger partial charge on any atom is -0.314 e. The molecular formula is C18H25N3. The second-order valence-electron chi connectivity index (χ2n) is 6.06. The van der Waals surface area contributed by atoms with Gasteiger partial charge < -0.3 is 5.32 Å². The van der Waals surface area contributed by atoms with E-state index in [2.05, 4.69) is 47.8 Å². The molecule has 1 fully saturated rings. The first-order valence-corrected chi connectivity index (χ1v) is 8.17.